The number of thiophene rings is 1. The minimum absolute atomic E-state index is 0.00165. The summed E-state index contributed by atoms with van der Waals surface area (Å²) in [7, 11) is -3.79. The normalized spacial score (nSPS) is 16.0. The first-order valence-electron chi connectivity index (χ1n) is 10.7. The number of halogens is 1. The van der Waals surface area contributed by atoms with Crippen molar-refractivity contribution >= 4 is 27.3 Å². The lowest BCUT2D eigenvalue weighted by Gasteiger charge is -2.34. The maximum Gasteiger partial charge on any atom is 0.244 e. The van der Waals surface area contributed by atoms with E-state index in [4.69, 9.17) is 0 Å². The summed E-state index contributed by atoms with van der Waals surface area (Å²) < 4.78 is 40.7. The lowest BCUT2D eigenvalue weighted by Crippen LogP contribution is -2.51. The molecule has 2 heterocycles. The summed E-state index contributed by atoms with van der Waals surface area (Å²) in [4.78, 5) is 15.7. The molecule has 10 heteroatoms. The molecule has 1 saturated heterocycles. The van der Waals surface area contributed by atoms with Gasteiger partial charge in [-0.3, -0.25) is 9.69 Å². The maximum atomic E-state index is 13.4. The highest BCUT2D eigenvalue weighted by Crippen LogP contribution is 2.26. The van der Waals surface area contributed by atoms with Gasteiger partial charge < -0.3 is 5.32 Å². The predicted molar refractivity (Wildman–Crippen MR) is 127 cm³/mol. The number of piperazine rings is 1. The van der Waals surface area contributed by atoms with Crippen LogP contribution in [0.2, 0.25) is 0 Å². The van der Waals surface area contributed by atoms with Crippen molar-refractivity contribution in [3.63, 3.8) is 0 Å². The molecule has 1 amide bonds. The first kappa shape index (κ1) is 24.0. The average Bonchev–Trinajstić information content (AvgIpc) is 3.38. The number of hydrogen-bond donors (Lipinski definition) is 1. The highest BCUT2D eigenvalue weighted by Gasteiger charge is 2.31. The Hall–Kier alpha value is -3.10. The maximum absolute atomic E-state index is 13.4. The summed E-state index contributed by atoms with van der Waals surface area (Å²) >= 11 is 1.50. The van der Waals surface area contributed by atoms with Gasteiger partial charge in [-0.05, 0) is 41.3 Å². The zero-order valence-corrected chi connectivity index (χ0v) is 19.9. The van der Waals surface area contributed by atoms with E-state index >= 15 is 0 Å². The van der Waals surface area contributed by atoms with Crippen LogP contribution in [0.15, 0.2) is 70.9 Å². The van der Waals surface area contributed by atoms with Crippen molar-refractivity contribution in [2.45, 2.75) is 10.9 Å². The van der Waals surface area contributed by atoms with Crippen molar-refractivity contribution in [3.8, 4) is 6.07 Å². The van der Waals surface area contributed by atoms with Crippen molar-refractivity contribution in [1.29, 1.82) is 5.26 Å². The Labute approximate surface area is 202 Å². The Morgan fingerprint density at radius 2 is 1.76 bits per heavy atom. The van der Waals surface area contributed by atoms with Crippen LogP contribution in [0.4, 0.5) is 4.39 Å². The molecule has 1 atom stereocenters. The number of sulfonamides is 1. The molecular weight excluding hydrogens is 475 g/mol. The number of benzene rings is 2. The van der Waals surface area contributed by atoms with E-state index in [1.807, 2.05) is 28.5 Å². The van der Waals surface area contributed by atoms with Crippen molar-refractivity contribution < 1.29 is 17.6 Å². The molecule has 1 aromatic heterocycles. The van der Waals surface area contributed by atoms with Crippen LogP contribution in [-0.2, 0) is 14.8 Å². The molecule has 0 bridgehead atoms. The number of hydrogen-bond acceptors (Lipinski definition) is 6. The summed E-state index contributed by atoms with van der Waals surface area (Å²) in [5.41, 5.74) is 0.897. The van der Waals surface area contributed by atoms with E-state index in [0.29, 0.717) is 13.1 Å². The molecule has 4 rings (SSSR count). The van der Waals surface area contributed by atoms with Crippen LogP contribution in [-0.4, -0.2) is 56.3 Å². The van der Waals surface area contributed by atoms with Crippen molar-refractivity contribution in [2.75, 3.05) is 32.7 Å². The predicted octanol–water partition coefficient (Wildman–Crippen LogP) is 2.97. The average molecular weight is 499 g/mol. The molecule has 7 nitrogen and oxygen atoms in total. The molecule has 2 aromatic carbocycles. The Bertz CT molecular complexity index is 1280. The molecule has 0 radical (unpaired) electrons. The van der Waals surface area contributed by atoms with Crippen LogP contribution in [0.3, 0.4) is 0 Å². The van der Waals surface area contributed by atoms with Gasteiger partial charge in [0.2, 0.25) is 15.9 Å². The molecule has 0 spiro atoms. The number of nitrogens with one attached hydrogen (secondary N) is 1. The van der Waals surface area contributed by atoms with Crippen molar-refractivity contribution in [2.24, 2.45) is 0 Å². The van der Waals surface area contributed by atoms with E-state index in [-0.39, 0.29) is 41.8 Å². The smallest absolute Gasteiger partial charge is 0.244 e. The lowest BCUT2D eigenvalue weighted by atomic mass is 10.1. The topological polar surface area (TPSA) is 93.5 Å². The van der Waals surface area contributed by atoms with E-state index in [2.05, 4.69) is 5.32 Å². The van der Waals surface area contributed by atoms with Gasteiger partial charge in [0.25, 0.3) is 0 Å². The van der Waals surface area contributed by atoms with E-state index in [1.165, 1.54) is 39.9 Å². The van der Waals surface area contributed by atoms with Gasteiger partial charge in [0, 0.05) is 31.1 Å². The van der Waals surface area contributed by atoms with Gasteiger partial charge in [-0.1, -0.05) is 30.3 Å². The van der Waals surface area contributed by atoms with Crippen LogP contribution in [0.5, 0.6) is 0 Å². The number of carbonyl (C=O) groups is 1. The third-order valence-electron chi connectivity index (χ3n) is 5.66. The molecule has 1 aliphatic heterocycles. The second-order valence-electron chi connectivity index (χ2n) is 7.86. The van der Waals surface area contributed by atoms with Crippen LogP contribution in [0.25, 0.3) is 0 Å². The summed E-state index contributed by atoms with van der Waals surface area (Å²) in [6.07, 6.45) is 0. The van der Waals surface area contributed by atoms with Crippen LogP contribution in [0, 0.1) is 17.1 Å². The fraction of sp³-hybridized carbons (Fsp3) is 0.250. The molecule has 1 aliphatic rings. The third kappa shape index (κ3) is 5.34. The van der Waals surface area contributed by atoms with Gasteiger partial charge in [-0.2, -0.15) is 9.57 Å². The number of carbonyl (C=O) groups excluding carboxylic acids is 1. The summed E-state index contributed by atoms with van der Waals surface area (Å²) in [5.74, 6) is -0.543. The summed E-state index contributed by atoms with van der Waals surface area (Å²) in [6.45, 7) is 1.35. The second kappa shape index (κ2) is 10.4. The molecule has 34 heavy (non-hydrogen) atoms. The fourth-order valence-electron chi connectivity index (χ4n) is 3.89. The molecule has 1 fully saturated rings. The number of rotatable bonds is 7. The number of nitrogens with zero attached hydrogens (tertiary/aromatic N) is 3. The molecule has 1 unspecified atom stereocenters. The zero-order valence-electron chi connectivity index (χ0n) is 18.2. The zero-order chi connectivity index (χ0) is 24.1. The molecule has 3 aromatic rings. The van der Waals surface area contributed by atoms with Gasteiger partial charge in [0.05, 0.1) is 23.0 Å². The second-order valence-corrected chi connectivity index (χ2v) is 10.7. The molecule has 0 aliphatic carbocycles. The molecule has 1 N–H and O–H groups in total. The van der Waals surface area contributed by atoms with Crippen molar-refractivity contribution in [3.05, 3.63) is 87.9 Å². The molecular formula is C24H23FN4O3S2. The Balaban J connectivity index is 1.38. The fourth-order valence-corrected chi connectivity index (χ4v) is 6.26. The van der Waals surface area contributed by atoms with E-state index in [1.54, 1.807) is 24.3 Å². The van der Waals surface area contributed by atoms with Gasteiger partial charge in [0.15, 0.2) is 0 Å². The molecule has 176 valence electrons. The number of nitriles is 1. The quantitative estimate of drug-likeness (QED) is 0.541. The van der Waals surface area contributed by atoms with Crippen LogP contribution in [0.1, 0.15) is 22.0 Å². The Kier molecular flexibility index (Phi) is 7.38. The first-order chi connectivity index (χ1) is 16.4. The monoisotopic (exact) mass is 498 g/mol. The van der Waals surface area contributed by atoms with Gasteiger partial charge in [0.1, 0.15) is 11.9 Å². The minimum Gasteiger partial charge on any atom is -0.343 e. The standard InChI is InChI=1S/C24H23FN4O3S2/c25-20-9-7-18(8-10-20)24(21-5-3-15-33-21)27-23(30)17-28-11-13-29(14-12-28)34(31,32)22-6-2-1-4-19(22)16-26/h1-10,15,24H,11-14,17H2,(H,27,30). The van der Waals surface area contributed by atoms with Gasteiger partial charge in [-0.15, -0.1) is 11.3 Å². The Morgan fingerprint density at radius 3 is 2.41 bits per heavy atom. The van der Waals surface area contributed by atoms with Crippen LogP contribution < -0.4 is 5.32 Å². The Morgan fingerprint density at radius 1 is 1.06 bits per heavy atom. The first-order valence-corrected chi connectivity index (χ1v) is 13.0. The highest BCUT2D eigenvalue weighted by molar-refractivity contribution is 7.89. The van der Waals surface area contributed by atoms with E-state index in [0.717, 1.165) is 10.4 Å². The number of amides is 1. The third-order valence-corrected chi connectivity index (χ3v) is 8.55. The largest absolute Gasteiger partial charge is 0.343 e. The van der Waals surface area contributed by atoms with E-state index in [9.17, 15) is 22.9 Å². The molecule has 0 saturated carbocycles. The van der Waals surface area contributed by atoms with Gasteiger partial charge in [-0.25, -0.2) is 12.8 Å². The lowest BCUT2D eigenvalue weighted by molar-refractivity contribution is -0.123. The minimum atomic E-state index is -3.79. The summed E-state index contributed by atoms with van der Waals surface area (Å²) in [5, 5.41) is 14.2. The summed E-state index contributed by atoms with van der Waals surface area (Å²) in [6, 6.07) is 17.5. The SMILES string of the molecule is N#Cc1ccccc1S(=O)(=O)N1CCN(CC(=O)NC(c2ccc(F)cc2)c2cccs2)CC1. The van der Waals surface area contributed by atoms with E-state index < -0.39 is 16.1 Å². The van der Waals surface area contributed by atoms with Crippen molar-refractivity contribution in [1.82, 2.24) is 14.5 Å². The van der Waals surface area contributed by atoms with Gasteiger partial charge >= 0.3 is 0 Å². The highest BCUT2D eigenvalue weighted by atomic mass is 32.2. The van der Waals surface area contributed by atoms with Crippen LogP contribution >= 0.6 is 11.3 Å².